The fourth-order valence-corrected chi connectivity index (χ4v) is 4.19. The van der Waals surface area contributed by atoms with E-state index in [1.165, 1.54) is 12.4 Å². The van der Waals surface area contributed by atoms with E-state index in [2.05, 4.69) is 20.4 Å². The van der Waals surface area contributed by atoms with E-state index in [1.807, 2.05) is 37.3 Å². The molecule has 0 atom stereocenters. The first kappa shape index (κ1) is 23.7. The molecule has 4 aromatic rings. The minimum absolute atomic E-state index is 0.186. The van der Waals surface area contributed by atoms with Gasteiger partial charge in [0.1, 0.15) is 28.7 Å². The maximum Gasteiger partial charge on any atom is 0.295 e. The zero-order chi connectivity index (χ0) is 24.3. The van der Waals surface area contributed by atoms with Crippen LogP contribution >= 0.6 is 11.6 Å². The smallest absolute Gasteiger partial charge is 0.295 e. The molecule has 0 bridgehead atoms. The molecule has 9 nitrogen and oxygen atoms in total. The Morgan fingerprint density at radius 3 is 2.59 bits per heavy atom. The van der Waals surface area contributed by atoms with E-state index in [9.17, 15) is 13.0 Å². The van der Waals surface area contributed by atoms with E-state index in [-0.39, 0.29) is 17.4 Å². The highest BCUT2D eigenvalue weighted by atomic mass is 35.5. The molecule has 0 aliphatic heterocycles. The number of aryl methyl sites for hydroxylation is 2. The van der Waals surface area contributed by atoms with Crippen LogP contribution in [0.4, 0.5) is 5.82 Å². The first-order valence-corrected chi connectivity index (χ1v) is 12.1. The molecular formula is C23H22ClN5O4S. The third-order valence-electron chi connectivity index (χ3n) is 5.00. The van der Waals surface area contributed by atoms with Crippen molar-refractivity contribution in [1.29, 1.82) is 0 Å². The Morgan fingerprint density at radius 2 is 1.85 bits per heavy atom. The summed E-state index contributed by atoms with van der Waals surface area (Å²) in [7, 11) is -4.47. The van der Waals surface area contributed by atoms with Gasteiger partial charge in [0.15, 0.2) is 0 Å². The molecule has 4 rings (SSSR count). The van der Waals surface area contributed by atoms with Crippen molar-refractivity contribution in [2.45, 2.75) is 18.7 Å². The predicted molar refractivity (Wildman–Crippen MR) is 129 cm³/mol. The number of hydrogen-bond donors (Lipinski definition) is 2. The van der Waals surface area contributed by atoms with E-state index < -0.39 is 10.1 Å². The van der Waals surface area contributed by atoms with Gasteiger partial charge in [0.05, 0.1) is 23.5 Å². The summed E-state index contributed by atoms with van der Waals surface area (Å²) >= 11 is 6.22. The molecule has 34 heavy (non-hydrogen) atoms. The second kappa shape index (κ2) is 9.80. The quantitative estimate of drug-likeness (QED) is 0.271. The minimum Gasteiger partial charge on any atom is -0.474 e. The average molecular weight is 500 g/mol. The van der Waals surface area contributed by atoms with Gasteiger partial charge >= 0.3 is 0 Å². The second-order valence-electron chi connectivity index (χ2n) is 7.50. The van der Waals surface area contributed by atoms with Gasteiger partial charge < -0.3 is 10.1 Å². The predicted octanol–water partition coefficient (Wildman–Crippen LogP) is 4.34. The third-order valence-corrected chi connectivity index (χ3v) is 6.37. The van der Waals surface area contributed by atoms with Gasteiger partial charge in [-0.1, -0.05) is 41.4 Å². The van der Waals surface area contributed by atoms with Crippen LogP contribution in [0.5, 0.6) is 5.88 Å². The Balaban J connectivity index is 1.66. The summed E-state index contributed by atoms with van der Waals surface area (Å²) in [6.45, 7) is 4.15. The molecule has 0 spiro atoms. The van der Waals surface area contributed by atoms with Crippen LogP contribution in [0, 0.1) is 13.8 Å². The number of benzene rings is 2. The van der Waals surface area contributed by atoms with Gasteiger partial charge in [0.2, 0.25) is 5.88 Å². The number of halogens is 1. The van der Waals surface area contributed by atoms with Crippen LogP contribution in [0.1, 0.15) is 11.3 Å². The van der Waals surface area contributed by atoms with Gasteiger partial charge in [-0.3, -0.25) is 4.55 Å². The minimum atomic E-state index is -4.47. The molecule has 0 aliphatic rings. The number of aromatic nitrogens is 4. The van der Waals surface area contributed by atoms with Gasteiger partial charge in [-0.2, -0.15) is 8.42 Å². The van der Waals surface area contributed by atoms with Gasteiger partial charge in [-0.15, -0.1) is 5.10 Å². The lowest BCUT2D eigenvalue weighted by Crippen LogP contribution is -2.14. The lowest BCUT2D eigenvalue weighted by Gasteiger charge is -2.11. The van der Waals surface area contributed by atoms with Crippen LogP contribution in [0.3, 0.4) is 0 Å². The summed E-state index contributed by atoms with van der Waals surface area (Å²) in [6, 6.07) is 14.0. The van der Waals surface area contributed by atoms with Crippen molar-refractivity contribution in [1.82, 2.24) is 19.7 Å². The average Bonchev–Trinajstić information content (AvgIpc) is 3.23. The van der Waals surface area contributed by atoms with Crippen LogP contribution in [-0.2, 0) is 10.1 Å². The summed E-state index contributed by atoms with van der Waals surface area (Å²) < 4.78 is 41.4. The highest BCUT2D eigenvalue weighted by Crippen LogP contribution is 2.35. The van der Waals surface area contributed by atoms with Crippen molar-refractivity contribution in [3.05, 3.63) is 77.3 Å². The Morgan fingerprint density at radius 1 is 1.09 bits per heavy atom. The topological polar surface area (TPSA) is 119 Å². The lowest BCUT2D eigenvalue weighted by atomic mass is 10.1. The molecule has 0 unspecified atom stereocenters. The zero-order valence-corrected chi connectivity index (χ0v) is 20.0. The Labute approximate surface area is 202 Å². The summed E-state index contributed by atoms with van der Waals surface area (Å²) in [5.41, 5.74) is 2.96. The van der Waals surface area contributed by atoms with E-state index >= 15 is 0 Å². The van der Waals surface area contributed by atoms with Crippen molar-refractivity contribution < 1.29 is 17.7 Å². The van der Waals surface area contributed by atoms with Crippen molar-refractivity contribution in [2.75, 3.05) is 18.5 Å². The summed E-state index contributed by atoms with van der Waals surface area (Å²) in [6.07, 6.45) is 3.09. The van der Waals surface area contributed by atoms with Crippen molar-refractivity contribution >= 4 is 27.5 Å². The highest BCUT2D eigenvalue weighted by molar-refractivity contribution is 7.86. The fourth-order valence-electron chi connectivity index (χ4n) is 3.34. The third kappa shape index (κ3) is 5.19. The normalized spacial score (nSPS) is 11.4. The van der Waals surface area contributed by atoms with E-state index in [0.29, 0.717) is 34.2 Å². The first-order chi connectivity index (χ1) is 16.2. The number of nitrogens with zero attached hydrogens (tertiary/aromatic N) is 4. The van der Waals surface area contributed by atoms with Gasteiger partial charge in [-0.05, 0) is 38.1 Å². The maximum absolute atomic E-state index is 12.1. The maximum atomic E-state index is 12.1. The van der Waals surface area contributed by atoms with E-state index in [4.69, 9.17) is 16.3 Å². The van der Waals surface area contributed by atoms with Crippen LogP contribution in [-0.4, -0.2) is 45.9 Å². The molecule has 0 saturated carbocycles. The van der Waals surface area contributed by atoms with Gasteiger partial charge in [0, 0.05) is 11.8 Å². The van der Waals surface area contributed by atoms with E-state index in [1.54, 1.807) is 29.9 Å². The van der Waals surface area contributed by atoms with Crippen molar-refractivity contribution in [3.63, 3.8) is 0 Å². The molecule has 0 aliphatic carbocycles. The molecular weight excluding hydrogens is 478 g/mol. The molecule has 2 N–H and O–H groups in total. The largest absolute Gasteiger partial charge is 0.474 e. The number of anilines is 1. The fraction of sp³-hybridized carbons (Fsp3) is 0.174. The summed E-state index contributed by atoms with van der Waals surface area (Å²) in [5.74, 6) is 0.700. The summed E-state index contributed by atoms with van der Waals surface area (Å²) in [5, 5.41) is 8.04. The molecule has 11 heteroatoms. The number of rotatable bonds is 8. The molecule has 0 fully saturated rings. The molecule has 2 aromatic carbocycles. The molecule has 0 amide bonds. The molecule has 2 heterocycles. The van der Waals surface area contributed by atoms with Crippen molar-refractivity contribution in [3.8, 4) is 22.7 Å². The summed E-state index contributed by atoms with van der Waals surface area (Å²) in [4.78, 5) is 7.92. The Bertz CT molecular complexity index is 1420. The Kier molecular flexibility index (Phi) is 6.82. The van der Waals surface area contributed by atoms with E-state index in [0.717, 1.165) is 11.3 Å². The Hall–Kier alpha value is -3.47. The standard InChI is InChI=1S/C23H22ClN5O4S/c1-15-8-9-20(34(30,31)32)18(12-15)19-13-29(17-6-4-3-5-7-17)28-23(19)33-11-10-25-22-21(24)16(2)26-14-27-22/h3-9,12-14H,10-11H2,1-2H3,(H,25,26,27)(H,30,31,32). The van der Waals surface area contributed by atoms with Crippen molar-refractivity contribution in [2.24, 2.45) is 0 Å². The number of hydrogen-bond acceptors (Lipinski definition) is 7. The van der Waals surface area contributed by atoms with Crippen LogP contribution in [0.15, 0.2) is 66.0 Å². The molecule has 0 saturated heterocycles. The van der Waals surface area contributed by atoms with Crippen LogP contribution in [0.25, 0.3) is 16.8 Å². The highest BCUT2D eigenvalue weighted by Gasteiger charge is 2.22. The number of para-hydroxylation sites is 1. The monoisotopic (exact) mass is 499 g/mol. The number of ether oxygens (including phenoxy) is 1. The lowest BCUT2D eigenvalue weighted by molar-refractivity contribution is 0.318. The zero-order valence-electron chi connectivity index (χ0n) is 18.4. The van der Waals surface area contributed by atoms with Crippen LogP contribution in [0.2, 0.25) is 5.02 Å². The first-order valence-electron chi connectivity index (χ1n) is 10.3. The molecule has 2 aromatic heterocycles. The molecule has 176 valence electrons. The second-order valence-corrected chi connectivity index (χ2v) is 9.27. The number of nitrogens with one attached hydrogen (secondary N) is 1. The SMILES string of the molecule is Cc1ccc(S(=O)(=O)O)c(-c2cn(-c3ccccc3)nc2OCCNc2ncnc(C)c2Cl)c1. The van der Waals surface area contributed by atoms with Gasteiger partial charge in [0.25, 0.3) is 10.1 Å². The van der Waals surface area contributed by atoms with Crippen LogP contribution < -0.4 is 10.1 Å². The molecule has 0 radical (unpaired) electrons. The van der Waals surface area contributed by atoms with Gasteiger partial charge in [-0.25, -0.2) is 14.6 Å².